The van der Waals surface area contributed by atoms with Gasteiger partial charge in [0.05, 0.1) is 6.54 Å². The van der Waals surface area contributed by atoms with Crippen LogP contribution in [0.5, 0.6) is 0 Å². The molecule has 0 radical (unpaired) electrons. The number of aryl methyl sites for hydroxylation is 1. The molecule has 110 valence electrons. The number of hydrogen-bond donors (Lipinski definition) is 2. The molecule has 1 amide bonds. The van der Waals surface area contributed by atoms with E-state index < -0.39 is 0 Å². The van der Waals surface area contributed by atoms with Gasteiger partial charge in [-0.3, -0.25) is 4.79 Å². The summed E-state index contributed by atoms with van der Waals surface area (Å²) in [5.41, 5.74) is 3.47. The van der Waals surface area contributed by atoms with Crippen molar-refractivity contribution in [1.29, 1.82) is 0 Å². The molecule has 0 saturated carbocycles. The fraction of sp³-hybridized carbons (Fsp3) is 0.235. The number of benzene rings is 2. The Morgan fingerprint density at radius 3 is 2.48 bits per heavy atom. The van der Waals surface area contributed by atoms with Gasteiger partial charge < -0.3 is 10.6 Å². The predicted octanol–water partition coefficient (Wildman–Crippen LogP) is 3.05. The summed E-state index contributed by atoms with van der Waals surface area (Å²) in [6.45, 7) is 3.59. The molecule has 0 unspecified atom stereocenters. The maximum absolute atomic E-state index is 11.8. The second-order valence-electron chi connectivity index (χ2n) is 4.93. The van der Waals surface area contributed by atoms with Gasteiger partial charge in [0.15, 0.2) is 0 Å². The normalized spacial score (nSPS) is 10.4. The van der Waals surface area contributed by atoms with E-state index in [2.05, 4.69) is 29.7 Å². The van der Waals surface area contributed by atoms with Crippen molar-refractivity contribution in [2.24, 2.45) is 0 Å². The summed E-state index contributed by atoms with van der Waals surface area (Å²) in [4.78, 5) is 11.8. The molecule has 0 heterocycles. The van der Waals surface area contributed by atoms with Crippen molar-refractivity contribution in [3.63, 3.8) is 0 Å². The molecule has 0 atom stereocenters. The van der Waals surface area contributed by atoms with Gasteiger partial charge in [-0.05, 0) is 35.7 Å². The van der Waals surface area contributed by atoms with E-state index in [9.17, 15) is 4.79 Å². The fourth-order valence-corrected chi connectivity index (χ4v) is 2.11. The molecule has 0 fully saturated rings. The van der Waals surface area contributed by atoms with Gasteiger partial charge >= 0.3 is 0 Å². The van der Waals surface area contributed by atoms with Crippen LogP contribution in [0.25, 0.3) is 0 Å². The molecule has 0 saturated heterocycles. The first-order chi connectivity index (χ1) is 10.1. The van der Waals surface area contributed by atoms with E-state index in [1.165, 1.54) is 11.1 Å². The lowest BCUT2D eigenvalue weighted by atomic mass is 10.1. The van der Waals surface area contributed by atoms with Crippen molar-refractivity contribution in [3.8, 4) is 0 Å². The van der Waals surface area contributed by atoms with Crippen molar-refractivity contribution >= 4 is 17.5 Å². The van der Waals surface area contributed by atoms with Crippen LogP contribution in [0.15, 0.2) is 48.5 Å². The van der Waals surface area contributed by atoms with Gasteiger partial charge in [0.1, 0.15) is 0 Å². The Bertz CT molecular complexity index is 596. The van der Waals surface area contributed by atoms with Crippen LogP contribution in [-0.2, 0) is 17.9 Å². The molecule has 4 heteroatoms. The molecular weight excluding hydrogens is 284 g/mol. The SMILES string of the molecule is Cc1ccccc1CNCC(=O)NCc1ccc(Cl)cc1. The van der Waals surface area contributed by atoms with Crippen molar-refractivity contribution in [2.75, 3.05) is 6.54 Å². The predicted molar refractivity (Wildman–Crippen MR) is 86.2 cm³/mol. The molecule has 0 aliphatic rings. The maximum atomic E-state index is 11.8. The number of carbonyl (C=O) groups is 1. The van der Waals surface area contributed by atoms with Crippen molar-refractivity contribution < 1.29 is 4.79 Å². The van der Waals surface area contributed by atoms with E-state index in [0.29, 0.717) is 24.7 Å². The first-order valence-corrected chi connectivity index (χ1v) is 7.29. The minimum absolute atomic E-state index is 0.0152. The van der Waals surface area contributed by atoms with Crippen molar-refractivity contribution in [3.05, 3.63) is 70.2 Å². The smallest absolute Gasteiger partial charge is 0.234 e. The van der Waals surface area contributed by atoms with Gasteiger partial charge in [0.2, 0.25) is 5.91 Å². The lowest BCUT2D eigenvalue weighted by Crippen LogP contribution is -2.33. The zero-order chi connectivity index (χ0) is 15.1. The zero-order valence-corrected chi connectivity index (χ0v) is 12.8. The van der Waals surface area contributed by atoms with Crippen LogP contribution in [0.4, 0.5) is 0 Å². The highest BCUT2D eigenvalue weighted by Gasteiger charge is 2.02. The standard InChI is InChI=1S/C17H19ClN2O/c1-13-4-2-3-5-15(13)11-19-12-17(21)20-10-14-6-8-16(18)9-7-14/h2-9,19H,10-12H2,1H3,(H,20,21). The molecule has 2 aromatic rings. The summed E-state index contributed by atoms with van der Waals surface area (Å²) in [6, 6.07) is 15.6. The summed E-state index contributed by atoms with van der Waals surface area (Å²) in [5, 5.41) is 6.73. The Balaban J connectivity index is 1.70. The minimum Gasteiger partial charge on any atom is -0.351 e. The topological polar surface area (TPSA) is 41.1 Å². The Morgan fingerprint density at radius 1 is 1.05 bits per heavy atom. The van der Waals surface area contributed by atoms with Crippen molar-refractivity contribution in [1.82, 2.24) is 10.6 Å². The van der Waals surface area contributed by atoms with Crippen LogP contribution in [0, 0.1) is 6.92 Å². The number of nitrogens with one attached hydrogen (secondary N) is 2. The number of amides is 1. The second kappa shape index (κ2) is 7.81. The molecule has 2 rings (SSSR count). The quantitative estimate of drug-likeness (QED) is 0.861. The Hall–Kier alpha value is -1.84. The van der Waals surface area contributed by atoms with Gasteiger partial charge in [0, 0.05) is 18.1 Å². The summed E-state index contributed by atoms with van der Waals surface area (Å²) < 4.78 is 0. The van der Waals surface area contributed by atoms with Gasteiger partial charge in [-0.2, -0.15) is 0 Å². The molecular formula is C17H19ClN2O. The lowest BCUT2D eigenvalue weighted by Gasteiger charge is -2.08. The lowest BCUT2D eigenvalue weighted by molar-refractivity contribution is -0.120. The van der Waals surface area contributed by atoms with E-state index in [0.717, 1.165) is 5.56 Å². The number of carbonyl (C=O) groups excluding carboxylic acids is 1. The Labute approximate surface area is 130 Å². The van der Waals surface area contributed by atoms with Crippen LogP contribution in [0.3, 0.4) is 0 Å². The molecule has 0 spiro atoms. The third-order valence-electron chi connectivity index (χ3n) is 3.27. The van der Waals surface area contributed by atoms with Gasteiger partial charge in [-0.1, -0.05) is 48.0 Å². The van der Waals surface area contributed by atoms with Gasteiger partial charge in [-0.25, -0.2) is 0 Å². The van der Waals surface area contributed by atoms with Crippen molar-refractivity contribution in [2.45, 2.75) is 20.0 Å². The third-order valence-corrected chi connectivity index (χ3v) is 3.52. The fourth-order valence-electron chi connectivity index (χ4n) is 1.98. The number of rotatable bonds is 6. The molecule has 21 heavy (non-hydrogen) atoms. The molecule has 0 aliphatic heterocycles. The van der Waals surface area contributed by atoms with E-state index in [1.807, 2.05) is 36.4 Å². The van der Waals surface area contributed by atoms with Crippen LogP contribution < -0.4 is 10.6 Å². The largest absolute Gasteiger partial charge is 0.351 e. The third kappa shape index (κ3) is 5.21. The first-order valence-electron chi connectivity index (χ1n) is 6.91. The van der Waals surface area contributed by atoms with Gasteiger partial charge in [0.25, 0.3) is 0 Å². The monoisotopic (exact) mass is 302 g/mol. The number of halogens is 1. The average molecular weight is 303 g/mol. The average Bonchev–Trinajstić information content (AvgIpc) is 2.49. The molecule has 2 N–H and O–H groups in total. The highest BCUT2D eigenvalue weighted by atomic mass is 35.5. The minimum atomic E-state index is -0.0152. The second-order valence-corrected chi connectivity index (χ2v) is 5.37. The van der Waals surface area contributed by atoms with E-state index in [-0.39, 0.29) is 5.91 Å². The first kappa shape index (κ1) is 15.5. The Morgan fingerprint density at radius 2 is 1.76 bits per heavy atom. The van der Waals surface area contributed by atoms with E-state index >= 15 is 0 Å². The summed E-state index contributed by atoms with van der Waals surface area (Å²) in [6.07, 6.45) is 0. The van der Waals surface area contributed by atoms with Crippen LogP contribution in [0.1, 0.15) is 16.7 Å². The van der Waals surface area contributed by atoms with E-state index in [4.69, 9.17) is 11.6 Å². The highest BCUT2D eigenvalue weighted by Crippen LogP contribution is 2.09. The maximum Gasteiger partial charge on any atom is 0.234 e. The molecule has 0 aliphatic carbocycles. The van der Waals surface area contributed by atoms with Crippen LogP contribution in [0.2, 0.25) is 5.02 Å². The Kier molecular flexibility index (Phi) is 5.78. The van der Waals surface area contributed by atoms with Crippen LogP contribution in [-0.4, -0.2) is 12.5 Å². The molecule has 0 bridgehead atoms. The summed E-state index contributed by atoms with van der Waals surface area (Å²) in [5.74, 6) is -0.0152. The zero-order valence-electron chi connectivity index (χ0n) is 12.0. The summed E-state index contributed by atoms with van der Waals surface area (Å²) >= 11 is 5.82. The number of hydrogen-bond acceptors (Lipinski definition) is 2. The van der Waals surface area contributed by atoms with Crippen LogP contribution >= 0.6 is 11.6 Å². The highest BCUT2D eigenvalue weighted by molar-refractivity contribution is 6.30. The molecule has 0 aromatic heterocycles. The summed E-state index contributed by atoms with van der Waals surface area (Å²) in [7, 11) is 0. The van der Waals surface area contributed by atoms with Gasteiger partial charge in [-0.15, -0.1) is 0 Å². The molecule has 3 nitrogen and oxygen atoms in total. The molecule has 2 aromatic carbocycles. The van der Waals surface area contributed by atoms with E-state index in [1.54, 1.807) is 0 Å².